The number of hydrogen-bond donors (Lipinski definition) is 0. The van der Waals surface area contributed by atoms with E-state index < -0.39 is 0 Å². The quantitative estimate of drug-likeness (QED) is 0.416. The normalized spacial score (nSPS) is 11.5. The molecule has 0 aromatic carbocycles. The van der Waals surface area contributed by atoms with E-state index in [2.05, 4.69) is 20.3 Å². The molecule has 1 amide bonds. The molecule has 0 radical (unpaired) electrons. The van der Waals surface area contributed by atoms with Crippen LogP contribution in [-0.4, -0.2) is 49.8 Å². The highest BCUT2D eigenvalue weighted by molar-refractivity contribution is 6.32. The summed E-state index contributed by atoms with van der Waals surface area (Å²) in [5, 5.41) is 12.8. The molecule has 0 saturated heterocycles. The number of hydrogen-bond acceptors (Lipinski definition) is 6. The van der Waals surface area contributed by atoms with Crippen LogP contribution in [-0.2, 0) is 16.2 Å². The van der Waals surface area contributed by atoms with Gasteiger partial charge in [-0.3, -0.25) is 14.5 Å². The first-order chi connectivity index (χ1) is 14.0. The van der Waals surface area contributed by atoms with E-state index in [4.69, 9.17) is 16.4 Å². The van der Waals surface area contributed by atoms with Gasteiger partial charge in [-0.25, -0.2) is 4.68 Å². The highest BCUT2D eigenvalue weighted by Crippen LogP contribution is 2.26. The lowest BCUT2D eigenvalue weighted by molar-refractivity contribution is -0.118. The van der Waals surface area contributed by atoms with E-state index in [1.54, 1.807) is 39.1 Å². The Kier molecular flexibility index (Phi) is 6.61. The van der Waals surface area contributed by atoms with Crippen molar-refractivity contribution in [2.45, 2.75) is 26.8 Å². The predicted molar refractivity (Wildman–Crippen MR) is 110 cm³/mol. The lowest BCUT2D eigenvalue weighted by atomic mass is 10.3. The Morgan fingerprint density at radius 3 is 2.86 bits per heavy atom. The number of carbonyl (C=O) groups is 1. The maximum atomic E-state index is 12.8. The molecule has 0 N–H and O–H groups in total. The van der Waals surface area contributed by atoms with Gasteiger partial charge in [-0.15, -0.1) is 0 Å². The lowest BCUT2D eigenvalue weighted by Crippen LogP contribution is -2.31. The van der Waals surface area contributed by atoms with E-state index in [0.29, 0.717) is 30.2 Å². The van der Waals surface area contributed by atoms with E-state index in [1.165, 1.54) is 7.11 Å². The summed E-state index contributed by atoms with van der Waals surface area (Å²) in [6, 6.07) is 5.50. The number of halogens is 1. The first kappa shape index (κ1) is 20.5. The zero-order valence-corrected chi connectivity index (χ0v) is 17.2. The van der Waals surface area contributed by atoms with E-state index in [0.717, 1.165) is 5.69 Å². The minimum atomic E-state index is -0.0699. The maximum Gasteiger partial charge on any atom is 0.228 e. The molecule has 152 valence electrons. The van der Waals surface area contributed by atoms with Crippen LogP contribution >= 0.6 is 11.6 Å². The topological polar surface area (TPSA) is 90.4 Å². The van der Waals surface area contributed by atoms with Gasteiger partial charge in [0.25, 0.3) is 0 Å². The second kappa shape index (κ2) is 9.33. The average molecular weight is 416 g/mol. The second-order valence-electron chi connectivity index (χ2n) is 6.17. The molecule has 10 heteroatoms. The van der Waals surface area contributed by atoms with Gasteiger partial charge in [-0.05, 0) is 32.0 Å². The summed E-state index contributed by atoms with van der Waals surface area (Å²) >= 11 is 6.31. The molecule has 0 fully saturated rings. The van der Waals surface area contributed by atoms with Gasteiger partial charge >= 0.3 is 0 Å². The average Bonchev–Trinajstić information content (AvgIpc) is 3.35. The third-order valence-corrected chi connectivity index (χ3v) is 4.53. The smallest absolute Gasteiger partial charge is 0.228 e. The highest BCUT2D eigenvalue weighted by atomic mass is 35.5. The van der Waals surface area contributed by atoms with E-state index >= 15 is 0 Å². The molecule has 0 aliphatic rings. The molecule has 3 rings (SSSR count). The summed E-state index contributed by atoms with van der Waals surface area (Å²) in [6.07, 6.45) is 7.16. The molecule has 29 heavy (non-hydrogen) atoms. The number of rotatable bonds is 8. The molecule has 3 aromatic rings. The van der Waals surface area contributed by atoms with Crippen molar-refractivity contribution in [1.82, 2.24) is 24.5 Å². The molecule has 0 atom stereocenters. The Bertz CT molecular complexity index is 997. The molecule has 0 saturated carbocycles. The number of carbonyl (C=O) groups excluding carboxylic acids is 1. The molecule has 3 aromatic heterocycles. The Hall–Kier alpha value is -3.20. The number of aromatic nitrogens is 5. The number of pyridine rings is 1. The Morgan fingerprint density at radius 2 is 2.17 bits per heavy atom. The van der Waals surface area contributed by atoms with E-state index in [9.17, 15) is 4.79 Å². The van der Waals surface area contributed by atoms with Crippen LogP contribution in [0.2, 0.25) is 5.15 Å². The minimum Gasteiger partial charge on any atom is -0.399 e. The highest BCUT2D eigenvalue weighted by Gasteiger charge is 2.20. The number of oxime groups is 1. The Morgan fingerprint density at radius 1 is 1.34 bits per heavy atom. The van der Waals surface area contributed by atoms with Gasteiger partial charge in [0, 0.05) is 31.9 Å². The molecule has 0 aliphatic heterocycles. The van der Waals surface area contributed by atoms with Crippen molar-refractivity contribution in [3.05, 3.63) is 53.8 Å². The number of anilines is 1. The zero-order valence-electron chi connectivity index (χ0n) is 16.5. The molecule has 0 spiro atoms. The minimum absolute atomic E-state index is 0.0699. The van der Waals surface area contributed by atoms with Crippen molar-refractivity contribution in [2.75, 3.05) is 18.6 Å². The molecule has 0 unspecified atom stereocenters. The van der Waals surface area contributed by atoms with Crippen LogP contribution in [0, 0.1) is 0 Å². The largest absolute Gasteiger partial charge is 0.399 e. The summed E-state index contributed by atoms with van der Waals surface area (Å²) in [5.74, 6) is -0.0699. The van der Waals surface area contributed by atoms with Crippen molar-refractivity contribution in [3.8, 4) is 5.69 Å². The first-order valence-corrected chi connectivity index (χ1v) is 9.48. The van der Waals surface area contributed by atoms with Crippen molar-refractivity contribution < 1.29 is 9.63 Å². The SMILES string of the molecule is CCN(C(=O)CCn1ccc(/C(C)=N/OC)n1)c1cn(-c2cccnc2)nc1Cl. The summed E-state index contributed by atoms with van der Waals surface area (Å²) in [6.45, 7) is 4.61. The molecule has 9 nitrogen and oxygen atoms in total. The summed E-state index contributed by atoms with van der Waals surface area (Å²) in [7, 11) is 1.49. The Labute approximate surface area is 173 Å². The fraction of sp³-hybridized carbons (Fsp3) is 0.316. The van der Waals surface area contributed by atoms with Gasteiger partial charge < -0.3 is 9.74 Å². The fourth-order valence-electron chi connectivity index (χ4n) is 2.84. The standard InChI is InChI=1S/C19H22ClN7O2/c1-4-26(17-13-27(23-19(17)20)15-6-5-9-21-12-15)18(28)8-11-25-10-7-16(22-25)14(2)24-29-3/h5-7,9-10,12-13H,4,8,11H2,1-3H3/b24-14+. The van der Waals surface area contributed by atoms with Crippen molar-refractivity contribution in [2.24, 2.45) is 5.16 Å². The maximum absolute atomic E-state index is 12.8. The van der Waals surface area contributed by atoms with Crippen LogP contribution in [0.1, 0.15) is 26.0 Å². The summed E-state index contributed by atoms with van der Waals surface area (Å²) < 4.78 is 3.31. The van der Waals surface area contributed by atoms with Crippen molar-refractivity contribution in [1.29, 1.82) is 0 Å². The molecular weight excluding hydrogens is 394 g/mol. The number of nitrogens with zero attached hydrogens (tertiary/aromatic N) is 7. The van der Waals surface area contributed by atoms with Gasteiger partial charge in [0.2, 0.25) is 5.91 Å². The fourth-order valence-corrected chi connectivity index (χ4v) is 3.07. The third-order valence-electron chi connectivity index (χ3n) is 4.26. The number of aryl methyl sites for hydroxylation is 1. The monoisotopic (exact) mass is 415 g/mol. The van der Waals surface area contributed by atoms with Crippen molar-refractivity contribution in [3.63, 3.8) is 0 Å². The molecule has 3 heterocycles. The van der Waals surface area contributed by atoms with E-state index in [1.807, 2.05) is 32.0 Å². The van der Waals surface area contributed by atoms with Crippen LogP contribution in [0.25, 0.3) is 5.69 Å². The van der Waals surface area contributed by atoms with Crippen molar-refractivity contribution >= 4 is 28.9 Å². The van der Waals surface area contributed by atoms with E-state index in [-0.39, 0.29) is 17.5 Å². The van der Waals surface area contributed by atoms with Gasteiger partial charge in [-0.2, -0.15) is 10.2 Å². The third kappa shape index (κ3) is 4.80. The van der Waals surface area contributed by atoms with Crippen LogP contribution in [0.5, 0.6) is 0 Å². The van der Waals surface area contributed by atoms with Crippen LogP contribution in [0.4, 0.5) is 5.69 Å². The van der Waals surface area contributed by atoms with Gasteiger partial charge in [-0.1, -0.05) is 16.8 Å². The predicted octanol–water partition coefficient (Wildman–Crippen LogP) is 2.93. The van der Waals surface area contributed by atoms with Crippen LogP contribution < -0.4 is 4.90 Å². The van der Waals surface area contributed by atoms with Gasteiger partial charge in [0.15, 0.2) is 5.15 Å². The van der Waals surface area contributed by atoms with Gasteiger partial charge in [0.05, 0.1) is 18.1 Å². The Balaban J connectivity index is 1.70. The van der Waals surface area contributed by atoms with Crippen LogP contribution in [0.15, 0.2) is 48.1 Å². The zero-order chi connectivity index (χ0) is 20.8. The molecule has 0 aliphatic carbocycles. The molecular formula is C19H22ClN7O2. The first-order valence-electron chi connectivity index (χ1n) is 9.11. The summed E-state index contributed by atoms with van der Waals surface area (Å²) in [4.78, 5) is 23.3. The second-order valence-corrected chi connectivity index (χ2v) is 6.53. The van der Waals surface area contributed by atoms with Gasteiger partial charge in [0.1, 0.15) is 24.2 Å². The number of amides is 1. The summed E-state index contributed by atoms with van der Waals surface area (Å²) in [5.41, 5.74) is 2.70. The lowest BCUT2D eigenvalue weighted by Gasteiger charge is -2.19. The van der Waals surface area contributed by atoms with Crippen LogP contribution in [0.3, 0.4) is 0 Å². The molecule has 0 bridgehead atoms.